The molecule has 2 amide bonds. The average molecular weight is 419 g/mol. The molecule has 4 rings (SSSR count). The first kappa shape index (κ1) is 19.8. The molecule has 0 unspecified atom stereocenters. The highest BCUT2D eigenvalue weighted by atomic mass is 32.1. The summed E-state index contributed by atoms with van der Waals surface area (Å²) in [5, 5.41) is 10.2. The minimum Gasteiger partial charge on any atom is -0.467 e. The maximum absolute atomic E-state index is 13.2. The number of nitrogens with zero attached hydrogens (tertiary/aromatic N) is 5. The van der Waals surface area contributed by atoms with Crippen LogP contribution in [0.5, 0.6) is 6.01 Å². The summed E-state index contributed by atoms with van der Waals surface area (Å²) in [6.07, 6.45) is 3.07. The van der Waals surface area contributed by atoms with E-state index in [-0.39, 0.29) is 35.7 Å². The Kier molecular flexibility index (Phi) is 5.05. The van der Waals surface area contributed by atoms with Crippen molar-refractivity contribution in [1.29, 1.82) is 0 Å². The first-order valence-corrected chi connectivity index (χ1v) is 10.7. The fourth-order valence-electron chi connectivity index (χ4n) is 4.86. The lowest BCUT2D eigenvalue weighted by Crippen LogP contribution is -2.49. The zero-order valence-electron chi connectivity index (χ0n) is 17.1. The molecule has 29 heavy (non-hydrogen) atoms. The number of hydrogen-bond acceptors (Lipinski definition) is 7. The van der Waals surface area contributed by atoms with Gasteiger partial charge in [-0.05, 0) is 32.6 Å². The number of aryl methyl sites for hydroxylation is 2. The lowest BCUT2D eigenvalue weighted by molar-refractivity contribution is -0.133. The van der Waals surface area contributed by atoms with Crippen LogP contribution in [0.3, 0.4) is 0 Å². The molecule has 0 radical (unpaired) electrons. The molecule has 0 spiro atoms. The quantitative estimate of drug-likeness (QED) is 0.766. The van der Waals surface area contributed by atoms with E-state index in [0.717, 1.165) is 23.5 Å². The van der Waals surface area contributed by atoms with Crippen LogP contribution in [0.25, 0.3) is 0 Å². The zero-order chi connectivity index (χ0) is 20.8. The van der Waals surface area contributed by atoms with Crippen LogP contribution in [0, 0.1) is 12.3 Å². The molecular formula is C19H26N6O3S. The number of nitrogens with one attached hydrogen (secondary N) is 1. The number of thiazole rings is 1. The molecule has 10 heteroatoms. The van der Waals surface area contributed by atoms with E-state index < -0.39 is 5.41 Å². The van der Waals surface area contributed by atoms with Gasteiger partial charge in [-0.15, -0.1) is 16.4 Å². The van der Waals surface area contributed by atoms with Crippen LogP contribution in [-0.4, -0.2) is 55.7 Å². The highest BCUT2D eigenvalue weighted by Crippen LogP contribution is 2.52. The summed E-state index contributed by atoms with van der Waals surface area (Å²) in [7, 11) is 3.18. The van der Waals surface area contributed by atoms with E-state index in [0.29, 0.717) is 19.4 Å². The Labute approximate surface area is 173 Å². The molecular weight excluding hydrogens is 392 g/mol. The Morgan fingerprint density at radius 1 is 1.38 bits per heavy atom. The number of amides is 2. The van der Waals surface area contributed by atoms with Gasteiger partial charge in [0.1, 0.15) is 0 Å². The number of fused-ring (bicyclic) bond motifs is 2. The predicted molar refractivity (Wildman–Crippen MR) is 107 cm³/mol. The van der Waals surface area contributed by atoms with Crippen LogP contribution < -0.4 is 10.1 Å². The van der Waals surface area contributed by atoms with Crippen molar-refractivity contribution in [2.75, 3.05) is 7.11 Å². The minimum atomic E-state index is -0.581. The number of carbonyl (C=O) groups excluding carboxylic acids is 2. The SMILES string of the molecule is CC[C@]1(C(=O)NCc2csc(C)n2)C[C@H]2CC[C@@H]1N2C(=O)c1nc(OC)n(C)n1. The fraction of sp³-hybridized carbons (Fsp3) is 0.632. The largest absolute Gasteiger partial charge is 0.467 e. The van der Waals surface area contributed by atoms with Crippen LogP contribution in [0.2, 0.25) is 0 Å². The third-order valence-corrected chi connectivity index (χ3v) is 7.07. The summed E-state index contributed by atoms with van der Waals surface area (Å²) < 4.78 is 6.58. The molecule has 2 aliphatic heterocycles. The molecule has 4 heterocycles. The lowest BCUT2D eigenvalue weighted by atomic mass is 9.71. The Morgan fingerprint density at radius 3 is 2.79 bits per heavy atom. The smallest absolute Gasteiger partial charge is 0.314 e. The van der Waals surface area contributed by atoms with Crippen LogP contribution in [0.1, 0.15) is 53.9 Å². The third-order valence-electron chi connectivity index (χ3n) is 6.25. The third kappa shape index (κ3) is 3.19. The van der Waals surface area contributed by atoms with Crippen molar-refractivity contribution in [3.63, 3.8) is 0 Å². The first-order valence-electron chi connectivity index (χ1n) is 9.86. The summed E-state index contributed by atoms with van der Waals surface area (Å²) in [4.78, 5) is 36.9. The van der Waals surface area contributed by atoms with Gasteiger partial charge in [0, 0.05) is 24.5 Å². The molecule has 2 aliphatic rings. The van der Waals surface area contributed by atoms with E-state index in [4.69, 9.17) is 4.74 Å². The van der Waals surface area contributed by atoms with Crippen LogP contribution in [0.15, 0.2) is 5.38 Å². The number of methoxy groups -OCH3 is 1. The van der Waals surface area contributed by atoms with E-state index in [1.807, 2.05) is 24.1 Å². The van der Waals surface area contributed by atoms with Crippen molar-refractivity contribution in [3.8, 4) is 6.01 Å². The van der Waals surface area contributed by atoms with E-state index in [1.54, 1.807) is 18.4 Å². The second-order valence-corrected chi connectivity index (χ2v) is 8.82. The highest BCUT2D eigenvalue weighted by Gasteiger charge is 2.60. The van der Waals surface area contributed by atoms with Gasteiger partial charge in [-0.1, -0.05) is 6.92 Å². The summed E-state index contributed by atoms with van der Waals surface area (Å²) in [5.41, 5.74) is 0.288. The normalized spacial score (nSPS) is 25.4. The van der Waals surface area contributed by atoms with Gasteiger partial charge in [0.2, 0.25) is 11.7 Å². The van der Waals surface area contributed by atoms with Gasteiger partial charge in [-0.25, -0.2) is 9.67 Å². The van der Waals surface area contributed by atoms with Crippen molar-refractivity contribution in [3.05, 3.63) is 21.9 Å². The van der Waals surface area contributed by atoms with Crippen molar-refractivity contribution < 1.29 is 14.3 Å². The second-order valence-electron chi connectivity index (χ2n) is 7.76. The summed E-state index contributed by atoms with van der Waals surface area (Å²) in [6, 6.07) is 0.185. The molecule has 2 fully saturated rings. The topological polar surface area (TPSA) is 102 Å². The van der Waals surface area contributed by atoms with Gasteiger partial charge in [0.05, 0.1) is 29.8 Å². The second kappa shape index (κ2) is 7.40. The van der Waals surface area contributed by atoms with Crippen molar-refractivity contribution >= 4 is 23.2 Å². The molecule has 156 valence electrons. The molecule has 3 atom stereocenters. The van der Waals surface area contributed by atoms with E-state index in [2.05, 4.69) is 20.4 Å². The maximum atomic E-state index is 13.2. The van der Waals surface area contributed by atoms with Crippen LogP contribution >= 0.6 is 11.3 Å². The predicted octanol–water partition coefficient (Wildman–Crippen LogP) is 1.68. The summed E-state index contributed by atoms with van der Waals surface area (Å²) in [5.74, 6) is -0.108. The van der Waals surface area contributed by atoms with Crippen molar-refractivity contribution in [2.24, 2.45) is 12.5 Å². The number of carbonyl (C=O) groups is 2. The van der Waals surface area contributed by atoms with E-state index >= 15 is 0 Å². The zero-order valence-corrected chi connectivity index (χ0v) is 18.0. The maximum Gasteiger partial charge on any atom is 0.314 e. The van der Waals surface area contributed by atoms with Gasteiger partial charge >= 0.3 is 6.01 Å². The number of hydrogen-bond donors (Lipinski definition) is 1. The van der Waals surface area contributed by atoms with Gasteiger partial charge in [-0.3, -0.25) is 9.59 Å². The average Bonchev–Trinajstić information content (AvgIpc) is 3.48. The summed E-state index contributed by atoms with van der Waals surface area (Å²) in [6.45, 7) is 4.39. The Balaban J connectivity index is 1.53. The van der Waals surface area contributed by atoms with Gasteiger partial charge in [-0.2, -0.15) is 4.98 Å². The molecule has 0 aliphatic carbocycles. The highest BCUT2D eigenvalue weighted by molar-refractivity contribution is 7.09. The molecule has 0 aromatic carbocycles. The van der Waals surface area contributed by atoms with Crippen molar-refractivity contribution in [2.45, 2.75) is 58.2 Å². The van der Waals surface area contributed by atoms with E-state index in [1.165, 1.54) is 11.8 Å². The molecule has 2 bridgehead atoms. The van der Waals surface area contributed by atoms with Crippen LogP contribution in [-0.2, 0) is 18.4 Å². The fourth-order valence-corrected chi connectivity index (χ4v) is 5.48. The molecule has 0 saturated carbocycles. The number of rotatable bonds is 6. The number of ether oxygens (including phenoxy) is 1. The Morgan fingerprint density at radius 2 is 2.17 bits per heavy atom. The minimum absolute atomic E-state index is 0.00205. The van der Waals surface area contributed by atoms with Gasteiger partial charge in [0.25, 0.3) is 5.91 Å². The lowest BCUT2D eigenvalue weighted by Gasteiger charge is -2.35. The van der Waals surface area contributed by atoms with Gasteiger partial charge in [0.15, 0.2) is 0 Å². The summed E-state index contributed by atoms with van der Waals surface area (Å²) >= 11 is 1.57. The Bertz CT molecular complexity index is 940. The molecule has 2 saturated heterocycles. The van der Waals surface area contributed by atoms with Crippen LogP contribution in [0.4, 0.5) is 0 Å². The Hall–Kier alpha value is -2.49. The van der Waals surface area contributed by atoms with Gasteiger partial charge < -0.3 is 15.0 Å². The molecule has 1 N–H and O–H groups in total. The monoisotopic (exact) mass is 418 g/mol. The standard InChI is InChI=1S/C19H26N6O3S/c1-5-19(17(27)20-9-12-10-29-11(2)21-12)8-13-6-7-14(19)25(13)16(26)15-22-18(28-4)24(3)23-15/h10,13-14H,5-9H2,1-4H3,(H,20,27)/t13-,14+,19+/m1/s1. The van der Waals surface area contributed by atoms with Crippen molar-refractivity contribution in [1.82, 2.24) is 30.0 Å². The molecule has 9 nitrogen and oxygen atoms in total. The molecule has 2 aromatic heterocycles. The molecule has 2 aromatic rings. The number of aromatic nitrogens is 4. The first-order chi connectivity index (χ1) is 13.9. The van der Waals surface area contributed by atoms with E-state index in [9.17, 15) is 9.59 Å².